The van der Waals surface area contributed by atoms with Crippen molar-refractivity contribution in [2.24, 2.45) is 0 Å². The molecule has 0 bridgehead atoms. The predicted molar refractivity (Wildman–Crippen MR) is 106 cm³/mol. The van der Waals surface area contributed by atoms with E-state index in [1.165, 1.54) is 11.1 Å². The van der Waals surface area contributed by atoms with Crippen molar-refractivity contribution in [3.63, 3.8) is 0 Å². The Balaban J connectivity index is 0.000000845. The lowest BCUT2D eigenvalue weighted by atomic mass is 9.77. The molecule has 4 heteroatoms. The molecule has 0 heterocycles. The van der Waals surface area contributed by atoms with Gasteiger partial charge in [0.05, 0.1) is 0 Å². The number of aryl methyl sites for hydroxylation is 1. The second kappa shape index (κ2) is 11.3. The highest BCUT2D eigenvalue weighted by molar-refractivity contribution is 5.49. The summed E-state index contributed by atoms with van der Waals surface area (Å²) in [5.74, 6) is 0.352. The van der Waals surface area contributed by atoms with Crippen LogP contribution in [-0.2, 0) is 14.9 Å². The summed E-state index contributed by atoms with van der Waals surface area (Å²) in [6.45, 7) is 11.1. The third kappa shape index (κ3) is 6.59. The summed E-state index contributed by atoms with van der Waals surface area (Å²) in [5.41, 5.74) is 4.42. The maximum absolute atomic E-state index is 9.64. The van der Waals surface area contributed by atoms with Crippen LogP contribution < -0.4 is 5.32 Å². The summed E-state index contributed by atoms with van der Waals surface area (Å²) in [6, 6.07) is 14.3. The van der Waals surface area contributed by atoms with Gasteiger partial charge in [-0.05, 0) is 48.7 Å². The lowest BCUT2D eigenvalue weighted by Gasteiger charge is -2.27. The molecular weight excluding hydrogens is 314 g/mol. The van der Waals surface area contributed by atoms with E-state index in [4.69, 9.17) is 4.79 Å². The van der Waals surface area contributed by atoms with Crippen LogP contribution >= 0.6 is 0 Å². The fourth-order valence-corrected chi connectivity index (χ4v) is 2.26. The SMILES string of the molecule is C=O.CCOC.CNc1ccc(C(C)(C)c2ccc(O)c(C)c2)cc1. The average molecular weight is 345 g/mol. The van der Waals surface area contributed by atoms with E-state index in [0.29, 0.717) is 5.75 Å². The molecule has 138 valence electrons. The zero-order valence-corrected chi connectivity index (χ0v) is 16.2. The van der Waals surface area contributed by atoms with Gasteiger partial charge in [0, 0.05) is 31.9 Å². The van der Waals surface area contributed by atoms with Crippen LogP contribution in [0.5, 0.6) is 5.75 Å². The lowest BCUT2D eigenvalue weighted by Crippen LogP contribution is -2.18. The lowest BCUT2D eigenvalue weighted by molar-refractivity contribution is -0.0979. The van der Waals surface area contributed by atoms with Crippen molar-refractivity contribution in [2.45, 2.75) is 33.1 Å². The molecule has 0 aliphatic heterocycles. The molecule has 0 spiro atoms. The number of aromatic hydroxyl groups is 1. The Morgan fingerprint density at radius 2 is 1.56 bits per heavy atom. The van der Waals surface area contributed by atoms with Crippen LogP contribution in [0.15, 0.2) is 42.5 Å². The maximum atomic E-state index is 9.64. The van der Waals surface area contributed by atoms with Gasteiger partial charge in [0.2, 0.25) is 0 Å². The van der Waals surface area contributed by atoms with Gasteiger partial charge in [0.25, 0.3) is 0 Å². The smallest absolute Gasteiger partial charge is 0.118 e. The molecule has 2 aromatic rings. The third-order valence-corrected chi connectivity index (χ3v) is 4.10. The van der Waals surface area contributed by atoms with Gasteiger partial charge in [-0.25, -0.2) is 0 Å². The molecule has 0 aliphatic carbocycles. The third-order valence-electron chi connectivity index (χ3n) is 4.10. The van der Waals surface area contributed by atoms with E-state index >= 15 is 0 Å². The Morgan fingerprint density at radius 1 is 1.08 bits per heavy atom. The van der Waals surface area contributed by atoms with Crippen molar-refractivity contribution in [3.8, 4) is 5.75 Å². The van der Waals surface area contributed by atoms with Gasteiger partial charge in [0.15, 0.2) is 0 Å². The first-order chi connectivity index (χ1) is 11.9. The molecule has 0 aromatic heterocycles. The van der Waals surface area contributed by atoms with E-state index in [1.807, 2.05) is 33.8 Å². The summed E-state index contributed by atoms with van der Waals surface area (Å²) in [7, 11) is 3.60. The molecule has 0 saturated carbocycles. The number of carbonyl (C=O) groups is 1. The second-order valence-corrected chi connectivity index (χ2v) is 6.03. The minimum Gasteiger partial charge on any atom is -0.508 e. The Bertz CT molecular complexity index is 620. The van der Waals surface area contributed by atoms with E-state index in [2.05, 4.69) is 54.2 Å². The number of ether oxygens (including phenoxy) is 1. The predicted octanol–water partition coefficient (Wildman–Crippen LogP) is 4.54. The summed E-state index contributed by atoms with van der Waals surface area (Å²) in [5, 5.41) is 12.8. The van der Waals surface area contributed by atoms with Crippen molar-refractivity contribution in [2.75, 3.05) is 26.1 Å². The van der Waals surface area contributed by atoms with Crippen LogP contribution in [0.1, 0.15) is 37.5 Å². The van der Waals surface area contributed by atoms with E-state index in [1.54, 1.807) is 13.2 Å². The van der Waals surface area contributed by atoms with Gasteiger partial charge in [-0.1, -0.05) is 38.1 Å². The monoisotopic (exact) mass is 345 g/mol. The van der Waals surface area contributed by atoms with E-state index in [-0.39, 0.29) is 5.41 Å². The molecule has 25 heavy (non-hydrogen) atoms. The molecule has 0 unspecified atom stereocenters. The van der Waals surface area contributed by atoms with E-state index < -0.39 is 0 Å². The van der Waals surface area contributed by atoms with Gasteiger partial charge in [-0.3, -0.25) is 0 Å². The van der Waals surface area contributed by atoms with Crippen LogP contribution in [0.2, 0.25) is 0 Å². The van der Waals surface area contributed by atoms with E-state index in [0.717, 1.165) is 17.9 Å². The van der Waals surface area contributed by atoms with Crippen molar-refractivity contribution in [1.29, 1.82) is 0 Å². The number of rotatable bonds is 4. The number of benzene rings is 2. The molecule has 0 atom stereocenters. The van der Waals surface area contributed by atoms with Gasteiger partial charge in [0.1, 0.15) is 12.5 Å². The highest BCUT2D eigenvalue weighted by atomic mass is 16.5. The molecule has 2 rings (SSSR count). The highest BCUT2D eigenvalue weighted by Crippen LogP contribution is 2.34. The molecule has 0 fully saturated rings. The normalized spacial score (nSPS) is 10.0. The zero-order valence-electron chi connectivity index (χ0n) is 16.2. The Labute approximate surface area is 151 Å². The first-order valence-electron chi connectivity index (χ1n) is 8.23. The van der Waals surface area contributed by atoms with Crippen molar-refractivity contribution < 1.29 is 14.6 Å². The van der Waals surface area contributed by atoms with Gasteiger partial charge < -0.3 is 20.0 Å². The van der Waals surface area contributed by atoms with Crippen LogP contribution in [-0.4, -0.2) is 32.7 Å². The van der Waals surface area contributed by atoms with Crippen LogP contribution in [0, 0.1) is 6.92 Å². The van der Waals surface area contributed by atoms with Crippen molar-refractivity contribution in [3.05, 3.63) is 59.2 Å². The number of carbonyl (C=O) groups excluding carboxylic acids is 1. The number of phenols is 1. The van der Waals surface area contributed by atoms with Crippen molar-refractivity contribution in [1.82, 2.24) is 0 Å². The van der Waals surface area contributed by atoms with Crippen LogP contribution in [0.4, 0.5) is 5.69 Å². The first-order valence-corrected chi connectivity index (χ1v) is 8.23. The minimum absolute atomic E-state index is 0.0786. The number of nitrogens with one attached hydrogen (secondary N) is 1. The maximum Gasteiger partial charge on any atom is 0.118 e. The molecule has 4 nitrogen and oxygen atoms in total. The highest BCUT2D eigenvalue weighted by Gasteiger charge is 2.23. The quantitative estimate of drug-likeness (QED) is 0.854. The van der Waals surface area contributed by atoms with Gasteiger partial charge >= 0.3 is 0 Å². The number of anilines is 1. The van der Waals surface area contributed by atoms with Gasteiger partial charge in [-0.15, -0.1) is 0 Å². The molecule has 0 amide bonds. The number of methoxy groups -OCH3 is 1. The molecule has 0 radical (unpaired) electrons. The second-order valence-electron chi connectivity index (χ2n) is 6.03. The summed E-state index contributed by atoms with van der Waals surface area (Å²) in [6.07, 6.45) is 0. The molecule has 0 aliphatic rings. The van der Waals surface area contributed by atoms with Crippen molar-refractivity contribution >= 4 is 12.5 Å². The fraction of sp³-hybridized carbons (Fsp3) is 0.381. The molecule has 2 N–H and O–H groups in total. The minimum atomic E-state index is -0.0786. The topological polar surface area (TPSA) is 58.6 Å². The Hall–Kier alpha value is -2.33. The standard InChI is InChI=1S/C17H21NO.C3H8O.CH2O/c1-12-11-14(7-10-16(12)19)17(2,3)13-5-8-15(18-4)9-6-13;1-3-4-2;1-2/h5-11,18-19H,1-4H3;3H2,1-2H3;1H2. The van der Waals surface area contributed by atoms with Crippen LogP contribution in [0.25, 0.3) is 0 Å². The zero-order chi connectivity index (χ0) is 19.5. The Morgan fingerprint density at radius 3 is 1.96 bits per heavy atom. The van der Waals surface area contributed by atoms with Gasteiger partial charge in [-0.2, -0.15) is 0 Å². The van der Waals surface area contributed by atoms with Crippen LogP contribution in [0.3, 0.4) is 0 Å². The summed E-state index contributed by atoms with van der Waals surface area (Å²) in [4.78, 5) is 8.00. The first kappa shape index (κ1) is 22.7. The van der Waals surface area contributed by atoms with E-state index in [9.17, 15) is 5.11 Å². The fourth-order valence-electron chi connectivity index (χ4n) is 2.26. The molecule has 0 saturated heterocycles. The Kier molecular flexibility index (Phi) is 10.2. The number of phenolic OH excluding ortho intramolecular Hbond substituents is 1. The largest absolute Gasteiger partial charge is 0.508 e. The number of hydrogen-bond donors (Lipinski definition) is 2. The molecule has 2 aromatic carbocycles. The summed E-state index contributed by atoms with van der Waals surface area (Å²) >= 11 is 0. The summed E-state index contributed by atoms with van der Waals surface area (Å²) < 4.78 is 4.54. The molecular formula is C21H31NO3. The average Bonchev–Trinajstić information content (AvgIpc) is 2.65. The number of hydrogen-bond acceptors (Lipinski definition) is 4.